The van der Waals surface area contributed by atoms with Gasteiger partial charge in [0.2, 0.25) is 0 Å². The number of alkyl carbamates (subject to hydrolysis) is 2. The number of rotatable bonds is 7. The smallest absolute Gasteiger partial charge is 0.407 e. The molecule has 2 N–H and O–H groups in total. The van der Waals surface area contributed by atoms with Crippen LogP contribution in [0.1, 0.15) is 67.2 Å². The highest BCUT2D eigenvalue weighted by Gasteiger charge is 2.39. The molecular weight excluding hydrogens is 368 g/mol. The van der Waals surface area contributed by atoms with Gasteiger partial charge in [-0.05, 0) is 54.4 Å². The van der Waals surface area contributed by atoms with Crippen molar-refractivity contribution in [2.24, 2.45) is 0 Å². The van der Waals surface area contributed by atoms with Gasteiger partial charge in [-0.25, -0.2) is 9.59 Å². The van der Waals surface area contributed by atoms with Gasteiger partial charge in [-0.15, -0.1) is 0 Å². The van der Waals surface area contributed by atoms with Crippen LogP contribution in [0.15, 0.2) is 0 Å². The van der Waals surface area contributed by atoms with E-state index in [2.05, 4.69) is 10.6 Å². The summed E-state index contributed by atoms with van der Waals surface area (Å²) in [6.07, 6.45) is 3.04. The molecule has 7 nitrogen and oxygen atoms in total. The van der Waals surface area contributed by atoms with Crippen molar-refractivity contribution in [1.29, 1.82) is 0 Å². The number of unbranched alkanes of at least 4 members (excludes halogenated alkanes) is 2. The van der Waals surface area contributed by atoms with E-state index in [1.54, 1.807) is 11.8 Å². The van der Waals surface area contributed by atoms with Gasteiger partial charge in [0.05, 0.1) is 12.1 Å². The van der Waals surface area contributed by atoms with Crippen molar-refractivity contribution < 1.29 is 23.9 Å². The lowest BCUT2D eigenvalue weighted by molar-refractivity contribution is -0.107. The number of aldehydes is 1. The fourth-order valence-corrected chi connectivity index (χ4v) is 4.30. The highest BCUT2D eigenvalue weighted by Crippen LogP contribution is 2.32. The van der Waals surface area contributed by atoms with Gasteiger partial charge in [-0.2, -0.15) is 11.8 Å². The average Bonchev–Trinajstić information content (AvgIpc) is 2.82. The van der Waals surface area contributed by atoms with Crippen molar-refractivity contribution in [3.8, 4) is 0 Å². The van der Waals surface area contributed by atoms with E-state index in [9.17, 15) is 14.4 Å². The predicted molar refractivity (Wildman–Crippen MR) is 107 cm³/mol. The van der Waals surface area contributed by atoms with Crippen LogP contribution in [0.4, 0.5) is 9.59 Å². The van der Waals surface area contributed by atoms with Gasteiger partial charge < -0.3 is 24.9 Å². The van der Waals surface area contributed by atoms with E-state index >= 15 is 0 Å². The first-order chi connectivity index (χ1) is 12.4. The van der Waals surface area contributed by atoms with Crippen molar-refractivity contribution >= 4 is 30.2 Å². The molecule has 0 bridgehead atoms. The molecule has 1 heterocycles. The maximum atomic E-state index is 12.3. The van der Waals surface area contributed by atoms with E-state index in [0.29, 0.717) is 12.2 Å². The van der Waals surface area contributed by atoms with Crippen molar-refractivity contribution in [2.75, 3.05) is 5.75 Å². The molecule has 2 amide bonds. The second kappa shape index (κ2) is 10.2. The first-order valence-corrected chi connectivity index (χ1v) is 10.5. The predicted octanol–water partition coefficient (Wildman–Crippen LogP) is 3.65. The zero-order valence-electron chi connectivity index (χ0n) is 17.3. The maximum absolute atomic E-state index is 12.3. The van der Waals surface area contributed by atoms with Gasteiger partial charge in [-0.3, -0.25) is 0 Å². The number of thioether (sulfide) groups is 1. The van der Waals surface area contributed by atoms with Gasteiger partial charge in [0.1, 0.15) is 17.5 Å². The van der Waals surface area contributed by atoms with Crippen LogP contribution in [-0.4, -0.2) is 52.8 Å². The molecule has 3 atom stereocenters. The Hall–Kier alpha value is -1.44. The van der Waals surface area contributed by atoms with E-state index in [1.165, 1.54) is 0 Å². The molecule has 0 radical (unpaired) electrons. The largest absolute Gasteiger partial charge is 0.444 e. The normalized spacial score (nSPS) is 22.8. The Balaban J connectivity index is 2.73. The molecular formula is C19H34N2O5S. The fraction of sp³-hybridized carbons (Fsp3) is 0.842. The molecule has 1 saturated heterocycles. The molecule has 1 aliphatic rings. The summed E-state index contributed by atoms with van der Waals surface area (Å²) in [5, 5.41) is 5.94. The molecule has 0 spiro atoms. The van der Waals surface area contributed by atoms with Crippen LogP contribution in [0.3, 0.4) is 0 Å². The standard InChI is InChI=1S/C19H34N2O5S/c1-18(2,3)25-16(23)20-13-12-27-14(10-8-7-9-11-22)15(13)21-17(24)26-19(4,5)6/h11,13-15H,7-10,12H2,1-6H3,(H,20,23)(H,21,24)/t13-,14-,15-/m0/s1. The second-order valence-electron chi connectivity index (χ2n) is 8.75. The number of carbonyl (C=O) groups excluding carboxylic acids is 3. The van der Waals surface area contributed by atoms with E-state index in [4.69, 9.17) is 9.47 Å². The first kappa shape index (κ1) is 23.6. The Morgan fingerprint density at radius 2 is 1.56 bits per heavy atom. The number of hydrogen-bond acceptors (Lipinski definition) is 6. The quantitative estimate of drug-likeness (QED) is 0.499. The second-order valence-corrected chi connectivity index (χ2v) is 10.0. The summed E-state index contributed by atoms with van der Waals surface area (Å²) in [4.78, 5) is 34.9. The van der Waals surface area contributed by atoms with Crippen LogP contribution in [0.25, 0.3) is 0 Å². The van der Waals surface area contributed by atoms with E-state index < -0.39 is 23.4 Å². The number of hydrogen-bond donors (Lipinski definition) is 2. The SMILES string of the molecule is CC(C)(C)OC(=O)N[C@H]1[C@@H](NC(=O)OC(C)(C)C)CS[C@H]1CCCCC=O. The van der Waals surface area contributed by atoms with E-state index in [0.717, 1.165) is 25.5 Å². The lowest BCUT2D eigenvalue weighted by atomic mass is 10.0. The molecule has 1 aliphatic heterocycles. The molecule has 8 heteroatoms. The molecule has 0 aromatic heterocycles. The average molecular weight is 403 g/mol. The molecule has 0 unspecified atom stereocenters. The monoisotopic (exact) mass is 402 g/mol. The Labute approximate surface area is 166 Å². The van der Waals surface area contributed by atoms with Gasteiger partial charge in [0.15, 0.2) is 0 Å². The summed E-state index contributed by atoms with van der Waals surface area (Å²) in [6.45, 7) is 10.8. The third kappa shape index (κ3) is 9.89. The maximum Gasteiger partial charge on any atom is 0.407 e. The summed E-state index contributed by atoms with van der Waals surface area (Å²) in [5.41, 5.74) is -1.18. The van der Waals surface area contributed by atoms with Crippen LogP contribution < -0.4 is 10.6 Å². The minimum Gasteiger partial charge on any atom is -0.444 e. The van der Waals surface area contributed by atoms with Gasteiger partial charge in [-0.1, -0.05) is 6.42 Å². The third-order valence-electron chi connectivity index (χ3n) is 3.77. The molecule has 1 rings (SSSR count). The summed E-state index contributed by atoms with van der Waals surface area (Å²) in [6, 6.07) is -0.498. The summed E-state index contributed by atoms with van der Waals surface area (Å²) in [7, 11) is 0. The highest BCUT2D eigenvalue weighted by molar-refractivity contribution is 8.00. The molecule has 27 heavy (non-hydrogen) atoms. The van der Waals surface area contributed by atoms with Gasteiger partial charge in [0, 0.05) is 17.4 Å². The Bertz CT molecular complexity index is 513. The van der Waals surface area contributed by atoms with Gasteiger partial charge >= 0.3 is 12.2 Å². The number of carbonyl (C=O) groups is 3. The molecule has 1 fully saturated rings. The van der Waals surface area contributed by atoms with Crippen LogP contribution in [0.2, 0.25) is 0 Å². The fourth-order valence-electron chi connectivity index (χ4n) is 2.76. The number of ether oxygens (including phenoxy) is 2. The van der Waals surface area contributed by atoms with Crippen molar-refractivity contribution in [3.63, 3.8) is 0 Å². The minimum absolute atomic E-state index is 0.143. The first-order valence-electron chi connectivity index (χ1n) is 9.45. The molecule has 156 valence electrons. The molecule has 0 saturated carbocycles. The summed E-state index contributed by atoms with van der Waals surface area (Å²) < 4.78 is 10.7. The third-order valence-corrected chi connectivity index (χ3v) is 5.28. The van der Waals surface area contributed by atoms with Gasteiger partial charge in [0.25, 0.3) is 0 Å². The lowest BCUT2D eigenvalue weighted by Crippen LogP contribution is -2.54. The topological polar surface area (TPSA) is 93.7 Å². The van der Waals surface area contributed by atoms with Crippen molar-refractivity contribution in [3.05, 3.63) is 0 Å². The van der Waals surface area contributed by atoms with E-state index in [-0.39, 0.29) is 17.3 Å². The summed E-state index contributed by atoms with van der Waals surface area (Å²) in [5.74, 6) is 0.679. The Morgan fingerprint density at radius 3 is 2.07 bits per heavy atom. The summed E-state index contributed by atoms with van der Waals surface area (Å²) >= 11 is 1.71. The van der Waals surface area contributed by atoms with Crippen LogP contribution in [-0.2, 0) is 14.3 Å². The molecule has 0 aromatic carbocycles. The number of amides is 2. The zero-order valence-corrected chi connectivity index (χ0v) is 18.1. The van der Waals surface area contributed by atoms with Crippen molar-refractivity contribution in [1.82, 2.24) is 10.6 Å². The molecule has 0 aromatic rings. The Kier molecular flexibility index (Phi) is 8.91. The number of nitrogens with one attached hydrogen (secondary N) is 2. The molecule has 0 aliphatic carbocycles. The zero-order chi connectivity index (χ0) is 20.7. The minimum atomic E-state index is -0.594. The van der Waals surface area contributed by atoms with Crippen LogP contribution in [0.5, 0.6) is 0 Å². The van der Waals surface area contributed by atoms with E-state index in [1.807, 2.05) is 41.5 Å². The highest BCUT2D eigenvalue weighted by atomic mass is 32.2. The lowest BCUT2D eigenvalue weighted by Gasteiger charge is -2.28. The van der Waals surface area contributed by atoms with Crippen LogP contribution >= 0.6 is 11.8 Å². The van der Waals surface area contributed by atoms with Crippen molar-refractivity contribution in [2.45, 2.75) is 95.8 Å². The van der Waals surface area contributed by atoms with Crippen LogP contribution in [0, 0.1) is 0 Å². The Morgan fingerprint density at radius 1 is 1.00 bits per heavy atom.